The molecule has 8 nitrogen and oxygen atoms in total. The van der Waals surface area contributed by atoms with E-state index < -0.39 is 38.7 Å². The minimum absolute atomic E-state index is 0.138. The molecule has 1 aliphatic rings. The Morgan fingerprint density at radius 1 is 1.22 bits per heavy atom. The summed E-state index contributed by atoms with van der Waals surface area (Å²) in [6, 6.07) is 2.87. The topological polar surface area (TPSA) is 122 Å². The Morgan fingerprint density at radius 2 is 1.74 bits per heavy atom. The SMILES string of the molecule is CN1C(=O)N[C@@](NS(=O)(=O)c2ccc(N)cc2)(C(F)(F)F)C1=O. The molecule has 1 saturated heterocycles. The largest absolute Gasteiger partial charge is 0.435 e. The summed E-state index contributed by atoms with van der Waals surface area (Å²) in [5, 5.41) is 1.34. The fourth-order valence-electron chi connectivity index (χ4n) is 1.87. The Morgan fingerprint density at radius 3 is 2.13 bits per heavy atom. The smallest absolute Gasteiger partial charge is 0.399 e. The Hall–Kier alpha value is -2.34. The van der Waals surface area contributed by atoms with Crippen LogP contribution in [0.4, 0.5) is 23.7 Å². The molecule has 3 amide bonds. The summed E-state index contributed by atoms with van der Waals surface area (Å²) in [5.41, 5.74) is 1.80. The van der Waals surface area contributed by atoms with Crippen LogP contribution >= 0.6 is 0 Å². The van der Waals surface area contributed by atoms with Crippen molar-refractivity contribution in [2.24, 2.45) is 0 Å². The number of likely N-dealkylation sites (N-methyl/N-ethyl adjacent to an activating group) is 1. The zero-order valence-corrected chi connectivity index (χ0v) is 12.3. The van der Waals surface area contributed by atoms with Gasteiger partial charge in [0, 0.05) is 12.7 Å². The van der Waals surface area contributed by atoms with Crippen LogP contribution in [0.5, 0.6) is 0 Å². The van der Waals surface area contributed by atoms with E-state index in [2.05, 4.69) is 0 Å². The highest BCUT2D eigenvalue weighted by Gasteiger charge is 2.68. The number of rotatable bonds is 3. The molecule has 0 saturated carbocycles. The Bertz CT molecular complexity index is 762. The molecule has 23 heavy (non-hydrogen) atoms. The molecular weight excluding hydrogens is 341 g/mol. The number of hydrogen-bond acceptors (Lipinski definition) is 5. The van der Waals surface area contributed by atoms with Crippen LogP contribution in [-0.4, -0.2) is 44.1 Å². The second kappa shape index (κ2) is 5.09. The number of nitrogen functional groups attached to an aromatic ring is 1. The predicted molar refractivity (Wildman–Crippen MR) is 71.3 cm³/mol. The highest BCUT2D eigenvalue weighted by molar-refractivity contribution is 7.89. The first-order valence-electron chi connectivity index (χ1n) is 5.97. The van der Waals surface area contributed by atoms with Gasteiger partial charge in [-0.05, 0) is 24.3 Å². The average molecular weight is 352 g/mol. The van der Waals surface area contributed by atoms with Gasteiger partial charge in [-0.25, -0.2) is 13.2 Å². The van der Waals surface area contributed by atoms with Crippen LogP contribution < -0.4 is 15.8 Å². The average Bonchev–Trinajstić information content (AvgIpc) is 2.63. The zero-order chi connectivity index (χ0) is 17.6. The highest BCUT2D eigenvalue weighted by Crippen LogP contribution is 2.34. The summed E-state index contributed by atoms with van der Waals surface area (Å²) in [4.78, 5) is 22.8. The number of carbonyl (C=O) groups excluding carboxylic acids is 2. The van der Waals surface area contributed by atoms with Crippen molar-refractivity contribution in [3.05, 3.63) is 24.3 Å². The lowest BCUT2D eigenvalue weighted by atomic mass is 10.2. The van der Waals surface area contributed by atoms with E-state index >= 15 is 0 Å². The number of imide groups is 1. The molecule has 1 aromatic rings. The number of nitrogens with zero attached hydrogens (tertiary/aromatic N) is 1. The second-order valence-electron chi connectivity index (χ2n) is 4.72. The first-order valence-corrected chi connectivity index (χ1v) is 7.45. The van der Waals surface area contributed by atoms with E-state index in [-0.39, 0.29) is 10.6 Å². The number of carbonyl (C=O) groups is 2. The van der Waals surface area contributed by atoms with E-state index in [9.17, 15) is 31.2 Å². The highest BCUT2D eigenvalue weighted by atomic mass is 32.2. The fraction of sp³-hybridized carbons (Fsp3) is 0.273. The lowest BCUT2D eigenvalue weighted by molar-refractivity contribution is -0.197. The van der Waals surface area contributed by atoms with Crippen LogP contribution in [0.25, 0.3) is 0 Å². The fourth-order valence-corrected chi connectivity index (χ4v) is 3.14. The van der Waals surface area contributed by atoms with Gasteiger partial charge in [0.05, 0.1) is 4.90 Å². The number of hydrogen-bond donors (Lipinski definition) is 3. The second-order valence-corrected chi connectivity index (χ2v) is 6.40. The minimum Gasteiger partial charge on any atom is -0.399 e. The Labute approximate surface area is 128 Å². The summed E-state index contributed by atoms with van der Waals surface area (Å²) < 4.78 is 65.5. The van der Waals surface area contributed by atoms with Gasteiger partial charge in [-0.15, -0.1) is 0 Å². The minimum atomic E-state index is -5.40. The molecule has 1 heterocycles. The maximum atomic E-state index is 13.3. The maximum Gasteiger partial charge on any atom is 0.435 e. The van der Waals surface area contributed by atoms with E-state index in [1.165, 1.54) is 10.0 Å². The van der Waals surface area contributed by atoms with E-state index in [0.717, 1.165) is 31.3 Å². The number of nitrogens with two attached hydrogens (primary N) is 1. The number of benzene rings is 1. The van der Waals surface area contributed by atoms with Gasteiger partial charge in [-0.3, -0.25) is 9.69 Å². The number of anilines is 1. The molecule has 1 aliphatic heterocycles. The van der Waals surface area contributed by atoms with Crippen molar-refractivity contribution in [2.45, 2.75) is 16.7 Å². The van der Waals surface area contributed by atoms with E-state index in [0.29, 0.717) is 0 Å². The van der Waals surface area contributed by atoms with Crippen LogP contribution in [0.15, 0.2) is 29.2 Å². The van der Waals surface area contributed by atoms with Gasteiger partial charge < -0.3 is 11.1 Å². The standard InChI is InChI=1S/C11H11F3N4O4S/c1-18-8(19)10(11(12,13)14,16-9(18)20)17-23(21,22)7-4-2-6(15)3-5-7/h2-5,17H,15H2,1H3,(H,16,20)/t10-/m0/s1. The van der Waals surface area contributed by atoms with E-state index in [1.807, 2.05) is 0 Å². The molecule has 0 bridgehead atoms. The monoisotopic (exact) mass is 352 g/mol. The van der Waals surface area contributed by atoms with Crippen molar-refractivity contribution in [3.63, 3.8) is 0 Å². The van der Waals surface area contributed by atoms with Gasteiger partial charge in [-0.2, -0.15) is 17.9 Å². The van der Waals surface area contributed by atoms with Crippen LogP contribution in [0.2, 0.25) is 0 Å². The quantitative estimate of drug-likeness (QED) is 0.522. The number of alkyl halides is 3. The van der Waals surface area contributed by atoms with Crippen molar-refractivity contribution in [3.8, 4) is 0 Å². The first-order chi connectivity index (χ1) is 10.4. The third-order valence-electron chi connectivity index (χ3n) is 3.13. The lowest BCUT2D eigenvalue weighted by Crippen LogP contribution is -2.69. The molecule has 0 radical (unpaired) electrons. The number of urea groups is 1. The summed E-state index contributed by atoms with van der Waals surface area (Å²) >= 11 is 0. The van der Waals surface area contributed by atoms with Crippen molar-refractivity contribution in [2.75, 3.05) is 12.8 Å². The van der Waals surface area contributed by atoms with Crippen LogP contribution in [-0.2, 0) is 14.8 Å². The molecule has 4 N–H and O–H groups in total. The molecule has 126 valence electrons. The molecule has 0 aliphatic carbocycles. The summed E-state index contributed by atoms with van der Waals surface area (Å²) in [6.07, 6.45) is -5.40. The molecule has 1 atom stereocenters. The van der Waals surface area contributed by atoms with Gasteiger partial charge >= 0.3 is 12.2 Å². The first kappa shape index (κ1) is 17.0. The summed E-state index contributed by atoms with van der Waals surface area (Å²) in [6.45, 7) is 0. The molecular formula is C11H11F3N4O4S. The number of sulfonamides is 1. The van der Waals surface area contributed by atoms with Gasteiger partial charge in [0.2, 0.25) is 10.0 Å². The lowest BCUT2D eigenvalue weighted by Gasteiger charge is -2.29. The van der Waals surface area contributed by atoms with Gasteiger partial charge in [-0.1, -0.05) is 0 Å². The Kier molecular flexibility index (Phi) is 3.77. The van der Waals surface area contributed by atoms with Crippen LogP contribution in [0.1, 0.15) is 0 Å². The zero-order valence-electron chi connectivity index (χ0n) is 11.5. The predicted octanol–water partition coefficient (Wildman–Crippen LogP) is -0.0127. The van der Waals surface area contributed by atoms with Crippen molar-refractivity contribution < 1.29 is 31.2 Å². The van der Waals surface area contributed by atoms with E-state index in [1.54, 1.807) is 0 Å². The van der Waals surface area contributed by atoms with Crippen LogP contribution in [0, 0.1) is 0 Å². The molecule has 2 rings (SSSR count). The van der Waals surface area contributed by atoms with Crippen LogP contribution in [0.3, 0.4) is 0 Å². The summed E-state index contributed by atoms with van der Waals surface area (Å²) in [7, 11) is -3.98. The molecule has 1 fully saturated rings. The molecule has 0 aromatic heterocycles. The summed E-state index contributed by atoms with van der Waals surface area (Å²) in [5.74, 6) is -1.78. The molecule has 0 spiro atoms. The van der Waals surface area contributed by atoms with Gasteiger partial charge in [0.25, 0.3) is 11.6 Å². The Balaban J connectivity index is 2.50. The number of amides is 3. The van der Waals surface area contributed by atoms with Crippen molar-refractivity contribution in [1.82, 2.24) is 14.9 Å². The molecule has 0 unspecified atom stereocenters. The number of halogens is 3. The van der Waals surface area contributed by atoms with Gasteiger partial charge in [0.1, 0.15) is 0 Å². The van der Waals surface area contributed by atoms with Crippen molar-refractivity contribution >= 4 is 27.6 Å². The molecule has 1 aromatic carbocycles. The third-order valence-corrected chi connectivity index (χ3v) is 4.60. The van der Waals surface area contributed by atoms with Crippen molar-refractivity contribution in [1.29, 1.82) is 0 Å². The third kappa shape index (κ3) is 2.70. The number of nitrogens with one attached hydrogen (secondary N) is 2. The van der Waals surface area contributed by atoms with E-state index in [4.69, 9.17) is 5.73 Å². The van der Waals surface area contributed by atoms with Gasteiger partial charge in [0.15, 0.2) is 0 Å². The normalized spacial score (nSPS) is 22.3. The molecule has 12 heteroatoms. The maximum absolute atomic E-state index is 13.3.